The minimum atomic E-state index is -3.94. The second kappa shape index (κ2) is 8.98. The van der Waals surface area contributed by atoms with Crippen molar-refractivity contribution >= 4 is 33.3 Å². The molecule has 35 heavy (non-hydrogen) atoms. The van der Waals surface area contributed by atoms with Gasteiger partial charge in [-0.15, -0.1) is 0 Å². The van der Waals surface area contributed by atoms with Crippen molar-refractivity contribution in [3.05, 3.63) is 114 Å². The quantitative estimate of drug-likeness (QED) is 0.373. The highest BCUT2D eigenvalue weighted by molar-refractivity contribution is 7.89. The first-order valence-electron chi connectivity index (χ1n) is 11.0. The minimum Gasteiger partial charge on any atom is -0.444 e. The van der Waals surface area contributed by atoms with Crippen molar-refractivity contribution in [2.45, 2.75) is 10.9 Å². The molecule has 2 heterocycles. The summed E-state index contributed by atoms with van der Waals surface area (Å²) < 4.78 is 34.4. The highest BCUT2D eigenvalue weighted by atomic mass is 32.2. The summed E-state index contributed by atoms with van der Waals surface area (Å²) in [6.07, 6.45) is 4.35. The number of hydrogen-bond acceptors (Lipinski definition) is 5. The number of oxazole rings is 1. The Morgan fingerprint density at radius 1 is 0.971 bits per heavy atom. The standard InChI is InChI=1S/C27H23N3O4S/c1-29-25-14-13-22(16-23(25)24(27(29)31)15-21-17-28-18-34-21)35(32,33)30(2)26(19-9-5-3-6-10-19)20-11-7-4-8-12-20/h3-18,26H,1-2H3/b24-15+. The van der Waals surface area contributed by atoms with Gasteiger partial charge in [0, 0.05) is 19.7 Å². The van der Waals surface area contributed by atoms with Crippen LogP contribution in [0.5, 0.6) is 0 Å². The van der Waals surface area contributed by atoms with E-state index in [4.69, 9.17) is 4.42 Å². The van der Waals surface area contributed by atoms with Gasteiger partial charge in [0.15, 0.2) is 6.39 Å². The van der Waals surface area contributed by atoms with Gasteiger partial charge in [0.05, 0.1) is 28.4 Å². The van der Waals surface area contributed by atoms with E-state index in [1.807, 2.05) is 60.7 Å². The van der Waals surface area contributed by atoms with Gasteiger partial charge < -0.3 is 9.32 Å². The lowest BCUT2D eigenvalue weighted by Gasteiger charge is -2.28. The molecule has 1 aliphatic heterocycles. The van der Waals surface area contributed by atoms with Crippen LogP contribution in [0.2, 0.25) is 0 Å². The number of sulfonamides is 1. The summed E-state index contributed by atoms with van der Waals surface area (Å²) >= 11 is 0. The van der Waals surface area contributed by atoms with E-state index in [-0.39, 0.29) is 10.8 Å². The Hall–Kier alpha value is -4.01. The number of anilines is 1. The summed E-state index contributed by atoms with van der Waals surface area (Å²) in [5.41, 5.74) is 3.21. The third-order valence-corrected chi connectivity index (χ3v) is 7.98. The van der Waals surface area contributed by atoms with E-state index in [0.717, 1.165) is 11.1 Å². The average Bonchev–Trinajstić information content (AvgIpc) is 3.48. The molecule has 0 saturated carbocycles. The summed E-state index contributed by atoms with van der Waals surface area (Å²) in [6.45, 7) is 0. The van der Waals surface area contributed by atoms with Crippen LogP contribution in [-0.4, -0.2) is 37.7 Å². The third kappa shape index (κ3) is 4.07. The van der Waals surface area contributed by atoms with Crippen LogP contribution >= 0.6 is 0 Å². The number of fused-ring (bicyclic) bond motifs is 1. The number of carbonyl (C=O) groups excluding carboxylic acids is 1. The van der Waals surface area contributed by atoms with E-state index < -0.39 is 16.1 Å². The Balaban J connectivity index is 1.60. The zero-order valence-corrected chi connectivity index (χ0v) is 20.0. The lowest BCUT2D eigenvalue weighted by Crippen LogP contribution is -2.32. The van der Waals surface area contributed by atoms with Gasteiger partial charge in [-0.2, -0.15) is 4.31 Å². The highest BCUT2D eigenvalue weighted by Gasteiger charge is 2.34. The highest BCUT2D eigenvalue weighted by Crippen LogP contribution is 2.40. The molecule has 7 nitrogen and oxygen atoms in total. The maximum Gasteiger partial charge on any atom is 0.258 e. The van der Waals surface area contributed by atoms with Crippen molar-refractivity contribution in [1.29, 1.82) is 0 Å². The Kier molecular flexibility index (Phi) is 5.84. The van der Waals surface area contributed by atoms with Gasteiger partial charge in [0.25, 0.3) is 5.91 Å². The molecule has 0 radical (unpaired) electrons. The predicted octanol–water partition coefficient (Wildman–Crippen LogP) is 4.60. The van der Waals surface area contributed by atoms with Gasteiger partial charge >= 0.3 is 0 Å². The van der Waals surface area contributed by atoms with Crippen molar-refractivity contribution in [2.75, 3.05) is 19.0 Å². The van der Waals surface area contributed by atoms with Gasteiger partial charge in [-0.25, -0.2) is 13.4 Å². The van der Waals surface area contributed by atoms with Crippen LogP contribution in [-0.2, 0) is 14.8 Å². The predicted molar refractivity (Wildman–Crippen MR) is 134 cm³/mol. The van der Waals surface area contributed by atoms with Crippen LogP contribution in [0.3, 0.4) is 0 Å². The lowest BCUT2D eigenvalue weighted by atomic mass is 9.99. The number of carbonyl (C=O) groups is 1. The van der Waals surface area contributed by atoms with Crippen molar-refractivity contribution in [1.82, 2.24) is 9.29 Å². The number of amides is 1. The van der Waals surface area contributed by atoms with Gasteiger partial charge in [-0.3, -0.25) is 4.79 Å². The van der Waals surface area contributed by atoms with Gasteiger partial charge in [0.2, 0.25) is 10.0 Å². The van der Waals surface area contributed by atoms with Gasteiger partial charge in [-0.05, 0) is 35.4 Å². The van der Waals surface area contributed by atoms with Gasteiger partial charge in [0.1, 0.15) is 5.76 Å². The Morgan fingerprint density at radius 3 is 2.17 bits per heavy atom. The second-order valence-corrected chi connectivity index (χ2v) is 10.2. The fourth-order valence-electron chi connectivity index (χ4n) is 4.36. The maximum absolute atomic E-state index is 13.9. The Bertz CT molecular complexity index is 1460. The normalized spacial score (nSPS) is 14.8. The minimum absolute atomic E-state index is 0.0992. The zero-order valence-electron chi connectivity index (χ0n) is 19.2. The molecule has 1 aliphatic rings. The first-order valence-corrected chi connectivity index (χ1v) is 12.4. The van der Waals surface area contributed by atoms with Crippen molar-refractivity contribution < 1.29 is 17.6 Å². The topological polar surface area (TPSA) is 83.7 Å². The van der Waals surface area contributed by atoms with E-state index in [1.54, 1.807) is 38.4 Å². The molecule has 3 aromatic carbocycles. The summed E-state index contributed by atoms with van der Waals surface area (Å²) in [5.74, 6) is 0.166. The Morgan fingerprint density at radius 2 is 1.60 bits per heavy atom. The van der Waals surface area contributed by atoms with Crippen LogP contribution in [0.1, 0.15) is 28.5 Å². The van der Waals surface area contributed by atoms with Crippen LogP contribution in [0.15, 0.2) is 101 Å². The molecule has 0 aliphatic carbocycles. The number of rotatable bonds is 6. The first kappa shape index (κ1) is 22.8. The number of likely N-dealkylation sites (N-methyl/N-ethyl adjacent to an activating group) is 1. The summed E-state index contributed by atoms with van der Waals surface area (Å²) in [6, 6.07) is 23.3. The molecule has 0 atom stereocenters. The largest absolute Gasteiger partial charge is 0.444 e. The fourth-order valence-corrected chi connectivity index (χ4v) is 5.72. The smallest absolute Gasteiger partial charge is 0.258 e. The molecule has 1 aromatic heterocycles. The van der Waals surface area contributed by atoms with E-state index in [1.165, 1.54) is 21.8 Å². The van der Waals surface area contributed by atoms with Crippen LogP contribution in [0.25, 0.3) is 11.6 Å². The maximum atomic E-state index is 13.9. The number of benzene rings is 3. The molecule has 4 aromatic rings. The molecule has 0 fully saturated rings. The zero-order chi connectivity index (χ0) is 24.6. The molecule has 0 bridgehead atoms. The molecule has 0 unspecified atom stereocenters. The monoisotopic (exact) mass is 485 g/mol. The molecule has 1 amide bonds. The first-order chi connectivity index (χ1) is 16.9. The fraction of sp³-hybridized carbons (Fsp3) is 0.111. The number of nitrogens with zero attached hydrogens (tertiary/aromatic N) is 3. The van der Waals surface area contributed by atoms with E-state index >= 15 is 0 Å². The third-order valence-electron chi connectivity index (χ3n) is 6.16. The molecule has 176 valence electrons. The Labute approximate surface area is 204 Å². The molecule has 8 heteroatoms. The number of hydrogen-bond donors (Lipinski definition) is 0. The lowest BCUT2D eigenvalue weighted by molar-refractivity contribution is -0.112. The van der Waals surface area contributed by atoms with Crippen molar-refractivity contribution in [3.63, 3.8) is 0 Å². The molecular weight excluding hydrogens is 462 g/mol. The molecule has 0 saturated heterocycles. The van der Waals surface area contributed by atoms with E-state index in [2.05, 4.69) is 4.98 Å². The van der Waals surface area contributed by atoms with E-state index in [0.29, 0.717) is 22.6 Å². The molecule has 0 N–H and O–H groups in total. The van der Waals surface area contributed by atoms with Crippen LogP contribution in [0, 0.1) is 0 Å². The summed E-state index contributed by atoms with van der Waals surface area (Å²) in [4.78, 5) is 18.4. The molecular formula is C27H23N3O4S. The second-order valence-electron chi connectivity index (χ2n) is 8.25. The SMILES string of the molecule is CN1C(=O)/C(=C/c2cnco2)c2cc(S(=O)(=O)N(C)C(c3ccccc3)c3ccccc3)ccc21. The average molecular weight is 486 g/mol. The van der Waals surface area contributed by atoms with Crippen LogP contribution in [0.4, 0.5) is 5.69 Å². The molecule has 5 rings (SSSR count). The molecule has 0 spiro atoms. The number of aromatic nitrogens is 1. The summed E-state index contributed by atoms with van der Waals surface area (Å²) in [5, 5.41) is 0. The van der Waals surface area contributed by atoms with Crippen molar-refractivity contribution in [3.8, 4) is 0 Å². The van der Waals surface area contributed by atoms with Gasteiger partial charge in [-0.1, -0.05) is 60.7 Å². The summed E-state index contributed by atoms with van der Waals surface area (Å²) in [7, 11) is -0.701. The van der Waals surface area contributed by atoms with Crippen LogP contribution < -0.4 is 4.90 Å². The van der Waals surface area contributed by atoms with E-state index in [9.17, 15) is 13.2 Å². The van der Waals surface area contributed by atoms with Crippen molar-refractivity contribution in [2.24, 2.45) is 0 Å².